The van der Waals surface area contributed by atoms with Crippen molar-refractivity contribution in [2.24, 2.45) is 0 Å². The standard InChI is InChI=1S/C10H9N3/c1-6-4-12-8-5-13-10-7(9(6)8)2-3-11-10/h2-5,12H,1H3,(H,11,13). The predicted molar refractivity (Wildman–Crippen MR) is 52.7 cm³/mol. The Labute approximate surface area is 74.8 Å². The number of fused-ring (bicyclic) bond motifs is 3. The maximum Gasteiger partial charge on any atom is 0.137 e. The Bertz CT molecular complexity index is 574. The quantitative estimate of drug-likeness (QED) is 0.535. The zero-order valence-electron chi connectivity index (χ0n) is 7.26. The first kappa shape index (κ1) is 6.71. The van der Waals surface area contributed by atoms with Crippen LogP contribution in [0.2, 0.25) is 0 Å². The Balaban J connectivity index is 2.70. The summed E-state index contributed by atoms with van der Waals surface area (Å²) in [4.78, 5) is 10.6. The third-order valence-electron chi connectivity index (χ3n) is 2.43. The van der Waals surface area contributed by atoms with Crippen LogP contribution in [0.3, 0.4) is 0 Å². The van der Waals surface area contributed by atoms with Gasteiger partial charge in [-0.3, -0.25) is 0 Å². The molecule has 0 aliphatic heterocycles. The van der Waals surface area contributed by atoms with Gasteiger partial charge in [0.2, 0.25) is 0 Å². The molecule has 0 aliphatic carbocycles. The van der Waals surface area contributed by atoms with E-state index in [1.54, 1.807) is 0 Å². The molecule has 0 aromatic carbocycles. The lowest BCUT2D eigenvalue weighted by molar-refractivity contribution is 1.33. The Hall–Kier alpha value is -1.77. The van der Waals surface area contributed by atoms with Crippen molar-refractivity contribution in [1.82, 2.24) is 15.0 Å². The molecule has 0 saturated carbocycles. The largest absolute Gasteiger partial charge is 0.360 e. The summed E-state index contributed by atoms with van der Waals surface area (Å²) in [6.45, 7) is 2.10. The van der Waals surface area contributed by atoms with Crippen LogP contribution in [0.15, 0.2) is 24.7 Å². The van der Waals surface area contributed by atoms with Crippen molar-refractivity contribution in [1.29, 1.82) is 0 Å². The molecule has 0 aliphatic rings. The lowest BCUT2D eigenvalue weighted by Gasteiger charge is -1.93. The van der Waals surface area contributed by atoms with Crippen molar-refractivity contribution >= 4 is 21.9 Å². The summed E-state index contributed by atoms with van der Waals surface area (Å²) < 4.78 is 0. The van der Waals surface area contributed by atoms with Gasteiger partial charge in [0, 0.05) is 23.2 Å². The summed E-state index contributed by atoms with van der Waals surface area (Å²) >= 11 is 0. The Kier molecular flexibility index (Phi) is 1.10. The van der Waals surface area contributed by atoms with E-state index in [0.29, 0.717) is 0 Å². The van der Waals surface area contributed by atoms with Crippen molar-refractivity contribution in [3.8, 4) is 0 Å². The first-order valence-electron chi connectivity index (χ1n) is 4.26. The summed E-state index contributed by atoms with van der Waals surface area (Å²) in [6, 6.07) is 2.06. The zero-order valence-corrected chi connectivity index (χ0v) is 7.26. The smallest absolute Gasteiger partial charge is 0.137 e. The van der Waals surface area contributed by atoms with Gasteiger partial charge in [-0.25, -0.2) is 4.98 Å². The number of aryl methyl sites for hydroxylation is 1. The van der Waals surface area contributed by atoms with Crippen molar-refractivity contribution < 1.29 is 0 Å². The molecule has 0 atom stereocenters. The number of H-pyrrole nitrogens is 2. The second kappa shape index (κ2) is 2.13. The molecule has 13 heavy (non-hydrogen) atoms. The molecular weight excluding hydrogens is 162 g/mol. The van der Waals surface area contributed by atoms with Gasteiger partial charge in [0.1, 0.15) is 5.65 Å². The van der Waals surface area contributed by atoms with E-state index < -0.39 is 0 Å². The van der Waals surface area contributed by atoms with Gasteiger partial charge in [0.15, 0.2) is 0 Å². The van der Waals surface area contributed by atoms with Crippen molar-refractivity contribution in [2.45, 2.75) is 6.92 Å². The number of pyridine rings is 1. The zero-order chi connectivity index (χ0) is 8.84. The highest BCUT2D eigenvalue weighted by molar-refractivity contribution is 6.05. The van der Waals surface area contributed by atoms with Crippen molar-refractivity contribution in [3.63, 3.8) is 0 Å². The summed E-state index contributed by atoms with van der Waals surface area (Å²) in [7, 11) is 0. The minimum Gasteiger partial charge on any atom is -0.360 e. The van der Waals surface area contributed by atoms with Gasteiger partial charge >= 0.3 is 0 Å². The maximum atomic E-state index is 4.30. The lowest BCUT2D eigenvalue weighted by Crippen LogP contribution is -1.77. The summed E-state index contributed by atoms with van der Waals surface area (Å²) in [5, 5.41) is 2.46. The number of nitrogens with one attached hydrogen (secondary N) is 2. The SMILES string of the molecule is Cc1c[nH]c2cnc3[nH]ccc3c12. The molecule has 3 rings (SSSR count). The van der Waals surface area contributed by atoms with Gasteiger partial charge in [-0.15, -0.1) is 0 Å². The highest BCUT2D eigenvalue weighted by Gasteiger charge is 2.05. The number of nitrogens with zero attached hydrogens (tertiary/aromatic N) is 1. The molecule has 0 fully saturated rings. The van der Waals surface area contributed by atoms with E-state index in [1.165, 1.54) is 16.3 Å². The van der Waals surface area contributed by atoms with Crippen molar-refractivity contribution in [3.05, 3.63) is 30.2 Å². The molecule has 3 nitrogen and oxygen atoms in total. The molecule has 3 aromatic heterocycles. The molecule has 3 heterocycles. The molecule has 0 spiro atoms. The predicted octanol–water partition coefficient (Wildman–Crippen LogP) is 2.35. The Morgan fingerprint density at radius 2 is 2.23 bits per heavy atom. The van der Waals surface area contributed by atoms with Crippen LogP contribution in [0, 0.1) is 6.92 Å². The van der Waals surface area contributed by atoms with Gasteiger partial charge in [0.25, 0.3) is 0 Å². The van der Waals surface area contributed by atoms with Crippen LogP contribution >= 0.6 is 0 Å². The van der Waals surface area contributed by atoms with Gasteiger partial charge in [0.05, 0.1) is 11.7 Å². The van der Waals surface area contributed by atoms with Crippen molar-refractivity contribution in [2.75, 3.05) is 0 Å². The molecule has 0 amide bonds. The van der Waals surface area contributed by atoms with Gasteiger partial charge in [-0.1, -0.05) is 0 Å². The number of hydrogen-bond acceptors (Lipinski definition) is 1. The van der Waals surface area contributed by atoms with Crippen LogP contribution in [0.5, 0.6) is 0 Å². The highest BCUT2D eigenvalue weighted by atomic mass is 14.8. The number of hydrogen-bond donors (Lipinski definition) is 2. The van der Waals surface area contributed by atoms with E-state index in [0.717, 1.165) is 11.2 Å². The number of aromatic nitrogens is 3. The fourth-order valence-electron chi connectivity index (χ4n) is 1.80. The minimum atomic E-state index is 0.954. The van der Waals surface area contributed by atoms with E-state index in [9.17, 15) is 0 Å². The fraction of sp³-hybridized carbons (Fsp3) is 0.100. The van der Waals surface area contributed by atoms with Crippen LogP contribution in [-0.2, 0) is 0 Å². The topological polar surface area (TPSA) is 44.5 Å². The fourth-order valence-corrected chi connectivity index (χ4v) is 1.80. The second-order valence-electron chi connectivity index (χ2n) is 3.26. The Morgan fingerprint density at radius 1 is 1.31 bits per heavy atom. The third kappa shape index (κ3) is 0.758. The Morgan fingerprint density at radius 3 is 3.15 bits per heavy atom. The summed E-state index contributed by atoms with van der Waals surface area (Å²) in [5.74, 6) is 0. The molecule has 3 heteroatoms. The summed E-state index contributed by atoms with van der Waals surface area (Å²) in [5.41, 5.74) is 3.32. The van der Waals surface area contributed by atoms with Crippen LogP contribution in [-0.4, -0.2) is 15.0 Å². The molecule has 0 unspecified atom stereocenters. The molecule has 0 saturated heterocycles. The lowest BCUT2D eigenvalue weighted by atomic mass is 10.2. The van der Waals surface area contributed by atoms with Gasteiger partial charge in [-0.2, -0.15) is 0 Å². The number of rotatable bonds is 0. The van der Waals surface area contributed by atoms with E-state index >= 15 is 0 Å². The van der Waals surface area contributed by atoms with Crippen LogP contribution in [0.25, 0.3) is 21.9 Å². The third-order valence-corrected chi connectivity index (χ3v) is 2.43. The molecule has 0 bridgehead atoms. The molecular formula is C10H9N3. The molecule has 3 aromatic rings. The average Bonchev–Trinajstić information content (AvgIpc) is 2.70. The normalized spacial score (nSPS) is 11.5. The first-order chi connectivity index (χ1) is 6.36. The molecule has 2 N–H and O–H groups in total. The molecule has 64 valence electrons. The highest BCUT2D eigenvalue weighted by Crippen LogP contribution is 2.24. The van der Waals surface area contributed by atoms with E-state index in [2.05, 4.69) is 27.9 Å². The second-order valence-corrected chi connectivity index (χ2v) is 3.26. The monoisotopic (exact) mass is 171 g/mol. The first-order valence-corrected chi connectivity index (χ1v) is 4.26. The van der Waals surface area contributed by atoms with Crippen LogP contribution in [0.1, 0.15) is 5.56 Å². The van der Waals surface area contributed by atoms with Crippen LogP contribution in [0.4, 0.5) is 0 Å². The minimum absolute atomic E-state index is 0.954. The van der Waals surface area contributed by atoms with E-state index in [1.807, 2.05) is 18.6 Å². The van der Waals surface area contributed by atoms with E-state index in [-0.39, 0.29) is 0 Å². The molecule has 0 radical (unpaired) electrons. The van der Waals surface area contributed by atoms with E-state index in [4.69, 9.17) is 0 Å². The maximum absolute atomic E-state index is 4.30. The average molecular weight is 171 g/mol. The van der Waals surface area contributed by atoms with Gasteiger partial charge < -0.3 is 9.97 Å². The summed E-state index contributed by atoms with van der Waals surface area (Å²) in [6.07, 6.45) is 5.80. The van der Waals surface area contributed by atoms with Crippen LogP contribution < -0.4 is 0 Å². The van der Waals surface area contributed by atoms with Gasteiger partial charge in [-0.05, 0) is 18.6 Å². The number of aromatic amines is 2.